The fraction of sp³-hybridized carbons (Fsp3) is 0.172. The zero-order valence-corrected chi connectivity index (χ0v) is 21.4. The van der Waals surface area contributed by atoms with Gasteiger partial charge in [-0.15, -0.1) is 0 Å². The van der Waals surface area contributed by atoms with Gasteiger partial charge in [-0.3, -0.25) is 15.1 Å². The number of anilines is 2. The molecule has 3 heterocycles. The molecule has 1 saturated heterocycles. The van der Waals surface area contributed by atoms with Crippen LogP contribution in [0.5, 0.6) is 5.75 Å². The van der Waals surface area contributed by atoms with Crippen LogP contribution < -0.4 is 10.1 Å². The van der Waals surface area contributed by atoms with E-state index in [0.29, 0.717) is 47.8 Å². The maximum atomic E-state index is 11.9. The Morgan fingerprint density at radius 1 is 1.23 bits per heavy atom. The van der Waals surface area contributed by atoms with E-state index in [0.717, 1.165) is 22.2 Å². The van der Waals surface area contributed by atoms with E-state index >= 15 is 0 Å². The number of hydrogen-bond donors (Lipinski definition) is 1. The van der Waals surface area contributed by atoms with Crippen LogP contribution >= 0.6 is 11.6 Å². The molecule has 0 amide bonds. The Morgan fingerprint density at radius 2 is 2.13 bits per heavy atom. The molecule has 3 aromatic carbocycles. The van der Waals surface area contributed by atoms with Gasteiger partial charge in [0.2, 0.25) is 0 Å². The van der Waals surface area contributed by atoms with E-state index in [1.54, 1.807) is 6.07 Å². The predicted molar refractivity (Wildman–Crippen MR) is 149 cm³/mol. The molecule has 1 N–H and O–H groups in total. The maximum Gasteiger partial charge on any atom is 0.311 e. The number of rotatable bonds is 7. The van der Waals surface area contributed by atoms with Gasteiger partial charge in [0.1, 0.15) is 12.2 Å². The third kappa shape index (κ3) is 4.95. The summed E-state index contributed by atoms with van der Waals surface area (Å²) in [6, 6.07) is 20.8. The second-order valence-electron chi connectivity index (χ2n) is 9.33. The number of halogens is 1. The van der Waals surface area contributed by atoms with Gasteiger partial charge in [-0.05, 0) is 42.0 Å². The van der Waals surface area contributed by atoms with Crippen molar-refractivity contribution in [2.45, 2.75) is 19.1 Å². The Balaban J connectivity index is 1.36. The highest BCUT2D eigenvalue weighted by Crippen LogP contribution is 2.38. The average Bonchev–Trinajstić information content (AvgIpc) is 3.58. The highest BCUT2D eigenvalue weighted by molar-refractivity contribution is 6.30. The summed E-state index contributed by atoms with van der Waals surface area (Å²) >= 11 is 6.15. The molecule has 5 aromatic rings. The summed E-state index contributed by atoms with van der Waals surface area (Å²) in [5, 5.41) is 27.2. The van der Waals surface area contributed by atoms with Gasteiger partial charge in [0.05, 0.1) is 34.9 Å². The molecule has 10 heteroatoms. The SMILES string of the molecule is N#Cc1cnc2cc(OC3CCOC3)c([N+](=O)[O-])cc2c1Nc1ccc2c(ccn2Cc2cccc(Cl)c2)c1. The van der Waals surface area contributed by atoms with Gasteiger partial charge in [0.25, 0.3) is 0 Å². The number of pyridine rings is 1. The molecule has 0 radical (unpaired) electrons. The van der Waals surface area contributed by atoms with Crippen LogP contribution in [0.1, 0.15) is 17.5 Å². The molecule has 39 heavy (non-hydrogen) atoms. The van der Waals surface area contributed by atoms with Crippen molar-refractivity contribution in [3.63, 3.8) is 0 Å². The van der Waals surface area contributed by atoms with Crippen molar-refractivity contribution in [1.29, 1.82) is 5.26 Å². The van der Waals surface area contributed by atoms with Gasteiger partial charge in [-0.25, -0.2) is 0 Å². The number of nitriles is 1. The Morgan fingerprint density at radius 3 is 2.90 bits per heavy atom. The fourth-order valence-corrected chi connectivity index (χ4v) is 5.06. The first-order chi connectivity index (χ1) is 19.0. The summed E-state index contributed by atoms with van der Waals surface area (Å²) in [6.07, 6.45) is 3.87. The first kappa shape index (κ1) is 24.7. The summed E-state index contributed by atoms with van der Waals surface area (Å²) in [5.41, 5.74) is 3.86. The van der Waals surface area contributed by atoms with Gasteiger partial charge in [-0.1, -0.05) is 23.7 Å². The van der Waals surface area contributed by atoms with Crippen LogP contribution in [0.15, 0.2) is 73.1 Å². The number of nitro benzene ring substituents is 1. The lowest BCUT2D eigenvalue weighted by atomic mass is 10.1. The topological polar surface area (TPSA) is 115 Å². The van der Waals surface area contributed by atoms with E-state index in [1.807, 2.05) is 54.7 Å². The monoisotopic (exact) mass is 539 g/mol. The van der Waals surface area contributed by atoms with Crippen LogP contribution in [0.25, 0.3) is 21.8 Å². The second kappa shape index (κ2) is 10.3. The third-order valence-corrected chi connectivity index (χ3v) is 6.96. The van der Waals surface area contributed by atoms with Crippen molar-refractivity contribution >= 4 is 50.5 Å². The minimum absolute atomic E-state index is 0.133. The van der Waals surface area contributed by atoms with E-state index in [4.69, 9.17) is 21.1 Å². The Labute approximate surface area is 228 Å². The molecular weight excluding hydrogens is 518 g/mol. The molecule has 2 aromatic heterocycles. The quantitative estimate of drug-likeness (QED) is 0.183. The van der Waals surface area contributed by atoms with Crippen molar-refractivity contribution in [2.24, 2.45) is 0 Å². The third-order valence-electron chi connectivity index (χ3n) is 6.73. The number of ether oxygens (including phenoxy) is 2. The Bertz CT molecular complexity index is 1770. The number of benzene rings is 3. The van der Waals surface area contributed by atoms with Crippen LogP contribution in [-0.4, -0.2) is 33.8 Å². The van der Waals surface area contributed by atoms with Crippen LogP contribution in [-0.2, 0) is 11.3 Å². The highest BCUT2D eigenvalue weighted by Gasteiger charge is 2.25. The van der Waals surface area contributed by atoms with Gasteiger partial charge >= 0.3 is 5.69 Å². The molecule has 1 aliphatic heterocycles. The average molecular weight is 540 g/mol. The lowest BCUT2D eigenvalue weighted by Crippen LogP contribution is -2.16. The van der Waals surface area contributed by atoms with E-state index in [2.05, 4.69) is 20.9 Å². The molecule has 194 valence electrons. The molecule has 1 fully saturated rings. The van der Waals surface area contributed by atoms with Gasteiger partial charge in [0, 0.05) is 64.5 Å². The molecule has 0 aliphatic carbocycles. The zero-order valence-electron chi connectivity index (χ0n) is 20.6. The smallest absolute Gasteiger partial charge is 0.311 e. The lowest BCUT2D eigenvalue weighted by Gasteiger charge is -2.15. The second-order valence-corrected chi connectivity index (χ2v) is 9.76. The lowest BCUT2D eigenvalue weighted by molar-refractivity contribution is -0.385. The van der Waals surface area contributed by atoms with Gasteiger partial charge in [0.15, 0.2) is 5.75 Å². The van der Waals surface area contributed by atoms with Crippen molar-refractivity contribution in [1.82, 2.24) is 9.55 Å². The summed E-state index contributed by atoms with van der Waals surface area (Å²) in [7, 11) is 0. The van der Waals surface area contributed by atoms with Gasteiger partial charge < -0.3 is 19.4 Å². The minimum Gasteiger partial charge on any atom is -0.481 e. The van der Waals surface area contributed by atoms with E-state index in [1.165, 1.54) is 12.3 Å². The first-order valence-corrected chi connectivity index (χ1v) is 12.7. The van der Waals surface area contributed by atoms with Gasteiger partial charge in [-0.2, -0.15) is 5.26 Å². The first-order valence-electron chi connectivity index (χ1n) is 12.3. The number of fused-ring (bicyclic) bond motifs is 2. The Kier molecular flexibility index (Phi) is 6.49. The molecular formula is C29H22ClN5O4. The predicted octanol–water partition coefficient (Wildman–Crippen LogP) is 6.58. The minimum atomic E-state index is -0.484. The van der Waals surface area contributed by atoms with Crippen LogP contribution in [0.4, 0.5) is 17.1 Å². The summed E-state index contributed by atoms with van der Waals surface area (Å²) in [4.78, 5) is 15.8. The number of nitrogens with zero attached hydrogens (tertiary/aromatic N) is 4. The molecule has 0 spiro atoms. The van der Waals surface area contributed by atoms with E-state index in [9.17, 15) is 15.4 Å². The number of aromatic nitrogens is 2. The maximum absolute atomic E-state index is 11.9. The highest BCUT2D eigenvalue weighted by atomic mass is 35.5. The van der Waals surface area contributed by atoms with Crippen LogP contribution in [0.2, 0.25) is 5.02 Å². The molecule has 1 unspecified atom stereocenters. The molecule has 1 aliphatic rings. The molecule has 0 saturated carbocycles. The molecule has 9 nitrogen and oxygen atoms in total. The van der Waals surface area contributed by atoms with E-state index < -0.39 is 4.92 Å². The Hall–Kier alpha value is -4.65. The number of nitrogens with one attached hydrogen (secondary N) is 1. The largest absolute Gasteiger partial charge is 0.481 e. The van der Waals surface area contributed by atoms with Crippen LogP contribution in [0.3, 0.4) is 0 Å². The van der Waals surface area contributed by atoms with Crippen molar-refractivity contribution in [3.8, 4) is 11.8 Å². The normalized spacial score (nSPS) is 14.9. The summed E-state index contributed by atoms with van der Waals surface area (Å²) in [6.45, 7) is 1.61. The number of nitro groups is 1. The summed E-state index contributed by atoms with van der Waals surface area (Å²) < 4.78 is 13.4. The fourth-order valence-electron chi connectivity index (χ4n) is 4.84. The molecule has 0 bridgehead atoms. The van der Waals surface area contributed by atoms with E-state index in [-0.39, 0.29) is 23.1 Å². The standard InChI is InChI=1S/C29H22ClN5O4/c30-21-3-1-2-18(10-21)16-34-8-6-19-11-22(4-5-26(19)34)33-29-20(14-31)15-32-25-13-28(39-23-7-9-38-17-23)27(35(36)37)12-24(25)29/h1-6,8,10-13,15,23H,7,9,16-17H2,(H,32,33). The molecule has 6 rings (SSSR count). The molecule has 1 atom stereocenters. The van der Waals surface area contributed by atoms with Crippen molar-refractivity contribution < 1.29 is 14.4 Å². The van der Waals surface area contributed by atoms with Crippen molar-refractivity contribution in [3.05, 3.63) is 99.3 Å². The van der Waals surface area contributed by atoms with Crippen LogP contribution in [0, 0.1) is 21.4 Å². The van der Waals surface area contributed by atoms with Crippen molar-refractivity contribution in [2.75, 3.05) is 18.5 Å². The number of hydrogen-bond acceptors (Lipinski definition) is 7. The zero-order chi connectivity index (χ0) is 26.9. The summed E-state index contributed by atoms with van der Waals surface area (Å²) in [5.74, 6) is 0.133.